The lowest BCUT2D eigenvalue weighted by atomic mass is 9.89. The van der Waals surface area contributed by atoms with Crippen LogP contribution in [0.3, 0.4) is 0 Å². The van der Waals surface area contributed by atoms with E-state index in [9.17, 15) is 24.6 Å². The Bertz CT molecular complexity index is 1680. The fourth-order valence-electron chi connectivity index (χ4n) is 5.87. The number of carboxylic acid groups (broad SMARTS) is 1. The molecule has 1 aliphatic carbocycles. The highest BCUT2D eigenvalue weighted by atomic mass is 16.4. The second-order valence-electron chi connectivity index (χ2n) is 11.0. The highest BCUT2D eigenvalue weighted by Crippen LogP contribution is 2.49. The number of aliphatic carboxylic acids is 1. The fraction of sp³-hybridized carbons (Fsp3) is 0.229. The van der Waals surface area contributed by atoms with E-state index in [2.05, 4.69) is 60.9 Å². The molecule has 42 heavy (non-hydrogen) atoms. The summed E-state index contributed by atoms with van der Waals surface area (Å²) in [7, 11) is 0. The quantitative estimate of drug-likeness (QED) is 0.190. The average Bonchev–Trinajstić information content (AvgIpc) is 3.24. The molecule has 4 N–H and O–H groups in total. The van der Waals surface area contributed by atoms with Crippen LogP contribution in [0.15, 0.2) is 78.9 Å². The topological polar surface area (TPSA) is 116 Å². The highest BCUT2D eigenvalue weighted by Gasteiger charge is 2.30. The lowest BCUT2D eigenvalue weighted by Crippen LogP contribution is -2.44. The summed E-state index contributed by atoms with van der Waals surface area (Å²) < 4.78 is 0. The highest BCUT2D eigenvalue weighted by molar-refractivity contribution is 5.98. The van der Waals surface area contributed by atoms with Crippen LogP contribution in [0.5, 0.6) is 5.75 Å². The molecule has 4 aromatic rings. The van der Waals surface area contributed by atoms with Crippen LogP contribution in [0, 0.1) is 13.8 Å². The summed E-state index contributed by atoms with van der Waals surface area (Å²) in [6.45, 7) is 5.53. The van der Waals surface area contributed by atoms with Gasteiger partial charge in [0.05, 0.1) is 0 Å². The number of benzene rings is 4. The first-order valence-corrected chi connectivity index (χ1v) is 14.0. The largest absolute Gasteiger partial charge is 0.508 e. The Hall–Kier alpha value is -4.91. The number of carbonyl (C=O) groups is 3. The Morgan fingerprint density at radius 2 is 1.50 bits per heavy atom. The predicted molar refractivity (Wildman–Crippen MR) is 164 cm³/mol. The van der Waals surface area contributed by atoms with Crippen LogP contribution in [0.4, 0.5) is 5.69 Å². The first-order valence-electron chi connectivity index (χ1n) is 14.0. The van der Waals surface area contributed by atoms with Crippen LogP contribution in [-0.4, -0.2) is 34.0 Å². The minimum atomic E-state index is -0.854. The molecule has 0 saturated heterocycles. The molecule has 7 heteroatoms. The number of hydrogen-bond donors (Lipinski definition) is 4. The summed E-state index contributed by atoms with van der Waals surface area (Å²) in [6, 6.07) is 24.2. The standard InChI is InChI=1S/C35H34N2O5/c1-20-4-11-27(21(2)16-20)24-7-12-28-29-13-8-25(19-32(29)30(31(28)18-24)14-15-34(40)41)37-35(42)33(36-22(3)38)17-23-5-9-26(39)10-6-23/h4-13,16,18-19,30,33,39H,14-15,17H2,1-3H3,(H,36,38)(H,37,42)(H,40,41). The molecular formula is C35H34N2O5. The zero-order valence-electron chi connectivity index (χ0n) is 23.9. The monoisotopic (exact) mass is 562 g/mol. The van der Waals surface area contributed by atoms with Crippen LogP contribution < -0.4 is 10.6 Å². The zero-order valence-corrected chi connectivity index (χ0v) is 23.9. The molecule has 2 atom stereocenters. The van der Waals surface area contributed by atoms with Crippen molar-refractivity contribution in [3.05, 3.63) is 107 Å². The summed E-state index contributed by atoms with van der Waals surface area (Å²) in [5.41, 5.74) is 10.1. The maximum absolute atomic E-state index is 13.3. The molecule has 0 saturated carbocycles. The third-order valence-electron chi connectivity index (χ3n) is 7.82. The van der Waals surface area contributed by atoms with E-state index in [1.807, 2.05) is 18.2 Å². The molecule has 0 bridgehead atoms. The molecule has 0 radical (unpaired) electrons. The summed E-state index contributed by atoms with van der Waals surface area (Å²) >= 11 is 0. The van der Waals surface area contributed by atoms with E-state index in [4.69, 9.17) is 0 Å². The Morgan fingerprint density at radius 3 is 2.17 bits per heavy atom. The fourth-order valence-corrected chi connectivity index (χ4v) is 5.87. The third kappa shape index (κ3) is 6.20. The van der Waals surface area contributed by atoms with Crippen LogP contribution in [-0.2, 0) is 20.8 Å². The smallest absolute Gasteiger partial charge is 0.303 e. The van der Waals surface area contributed by atoms with Gasteiger partial charge in [0, 0.05) is 31.4 Å². The third-order valence-corrected chi connectivity index (χ3v) is 7.82. The number of nitrogens with one attached hydrogen (secondary N) is 2. The van der Waals surface area contributed by atoms with Gasteiger partial charge in [-0.2, -0.15) is 0 Å². The van der Waals surface area contributed by atoms with Crippen molar-refractivity contribution in [1.29, 1.82) is 0 Å². The van der Waals surface area contributed by atoms with E-state index in [0.717, 1.165) is 38.9 Å². The number of rotatable bonds is 9. The number of fused-ring (bicyclic) bond motifs is 3. The minimum Gasteiger partial charge on any atom is -0.508 e. The number of phenols is 1. The van der Waals surface area contributed by atoms with Gasteiger partial charge in [-0.15, -0.1) is 0 Å². The van der Waals surface area contributed by atoms with Crippen LogP contribution >= 0.6 is 0 Å². The summed E-state index contributed by atoms with van der Waals surface area (Å²) in [6.07, 6.45) is 0.702. The molecule has 2 amide bonds. The predicted octanol–water partition coefficient (Wildman–Crippen LogP) is 6.34. The van der Waals surface area contributed by atoms with Crippen molar-refractivity contribution in [1.82, 2.24) is 5.32 Å². The Balaban J connectivity index is 1.45. The van der Waals surface area contributed by atoms with Crippen LogP contribution in [0.25, 0.3) is 22.3 Å². The van der Waals surface area contributed by atoms with Gasteiger partial charge in [0.25, 0.3) is 0 Å². The molecule has 0 aromatic heterocycles. The van der Waals surface area contributed by atoms with Crippen molar-refractivity contribution in [3.63, 3.8) is 0 Å². The Morgan fingerprint density at radius 1 is 0.833 bits per heavy atom. The zero-order chi connectivity index (χ0) is 30.0. The maximum atomic E-state index is 13.3. The van der Waals surface area contributed by atoms with Gasteiger partial charge < -0.3 is 20.8 Å². The van der Waals surface area contributed by atoms with Crippen molar-refractivity contribution < 1.29 is 24.6 Å². The van der Waals surface area contributed by atoms with Gasteiger partial charge in [0.2, 0.25) is 11.8 Å². The number of aromatic hydroxyl groups is 1. The summed E-state index contributed by atoms with van der Waals surface area (Å²) in [5, 5.41) is 24.8. The van der Waals surface area contributed by atoms with E-state index in [1.54, 1.807) is 24.3 Å². The van der Waals surface area contributed by atoms with Crippen molar-refractivity contribution in [2.24, 2.45) is 0 Å². The summed E-state index contributed by atoms with van der Waals surface area (Å²) in [4.78, 5) is 36.8. The number of hydrogen-bond acceptors (Lipinski definition) is 4. The Labute approximate surface area is 245 Å². The van der Waals surface area contributed by atoms with Gasteiger partial charge in [-0.3, -0.25) is 14.4 Å². The molecule has 7 nitrogen and oxygen atoms in total. The first kappa shape index (κ1) is 28.6. The molecule has 1 aliphatic rings. The molecule has 0 aliphatic heterocycles. The number of carbonyl (C=O) groups excluding carboxylic acids is 2. The minimum absolute atomic E-state index is 0.0190. The van der Waals surface area contributed by atoms with Gasteiger partial charge >= 0.3 is 5.97 Å². The number of carboxylic acids is 1. The molecule has 0 heterocycles. The van der Waals surface area contributed by atoms with Crippen molar-refractivity contribution in [2.75, 3.05) is 5.32 Å². The maximum Gasteiger partial charge on any atom is 0.303 e. The molecule has 4 aromatic carbocycles. The molecule has 214 valence electrons. The second-order valence-corrected chi connectivity index (χ2v) is 11.0. The molecule has 0 spiro atoms. The number of phenolic OH excluding ortho intramolecular Hbond substituents is 1. The molecular weight excluding hydrogens is 528 g/mol. The first-order chi connectivity index (χ1) is 20.1. The average molecular weight is 563 g/mol. The molecule has 2 unspecified atom stereocenters. The van der Waals surface area contributed by atoms with Gasteiger partial charge in [0.15, 0.2) is 0 Å². The lowest BCUT2D eigenvalue weighted by molar-refractivity contribution is -0.137. The van der Waals surface area contributed by atoms with E-state index in [-0.39, 0.29) is 36.3 Å². The second kappa shape index (κ2) is 11.9. The normalized spacial score (nSPS) is 14.0. The van der Waals surface area contributed by atoms with E-state index in [1.165, 1.54) is 18.1 Å². The molecule has 5 rings (SSSR count). The van der Waals surface area contributed by atoms with Gasteiger partial charge in [-0.05, 0) is 95.1 Å². The van der Waals surface area contributed by atoms with Crippen molar-refractivity contribution in [3.8, 4) is 28.0 Å². The van der Waals surface area contributed by atoms with Crippen molar-refractivity contribution >= 4 is 23.5 Å². The van der Waals surface area contributed by atoms with Crippen LogP contribution in [0.2, 0.25) is 0 Å². The van der Waals surface area contributed by atoms with Gasteiger partial charge in [-0.25, -0.2) is 0 Å². The molecule has 0 fully saturated rings. The van der Waals surface area contributed by atoms with E-state index < -0.39 is 12.0 Å². The summed E-state index contributed by atoms with van der Waals surface area (Å²) in [5.74, 6) is -1.57. The number of aryl methyl sites for hydroxylation is 2. The van der Waals surface area contributed by atoms with Crippen molar-refractivity contribution in [2.45, 2.75) is 52.0 Å². The van der Waals surface area contributed by atoms with Crippen LogP contribution in [0.1, 0.15) is 53.5 Å². The SMILES string of the molecule is CC(=O)NC(Cc1ccc(O)cc1)C(=O)Nc1ccc2c(c1)C(CCC(=O)O)c1cc(-c3ccc(C)cc3C)ccc1-2. The van der Waals surface area contributed by atoms with Gasteiger partial charge in [-0.1, -0.05) is 54.1 Å². The number of amides is 2. The Kier molecular flexibility index (Phi) is 8.11. The lowest BCUT2D eigenvalue weighted by Gasteiger charge is -2.19. The number of anilines is 1. The van der Waals surface area contributed by atoms with Gasteiger partial charge in [0.1, 0.15) is 11.8 Å². The van der Waals surface area contributed by atoms with E-state index in [0.29, 0.717) is 12.1 Å². The van der Waals surface area contributed by atoms with E-state index >= 15 is 0 Å².